The molecular formula is C25H17BrClFN2O6S. The zero-order valence-corrected chi connectivity index (χ0v) is 22.2. The lowest BCUT2D eigenvalue weighted by molar-refractivity contribution is -0.384. The summed E-state index contributed by atoms with van der Waals surface area (Å²) < 4.78 is 26.0. The fourth-order valence-electron chi connectivity index (χ4n) is 3.43. The number of nitrogens with zero attached hydrogens (tertiary/aromatic N) is 2. The van der Waals surface area contributed by atoms with Crippen LogP contribution in [0.5, 0.6) is 11.5 Å². The molecule has 0 aromatic heterocycles. The second-order valence-corrected chi connectivity index (χ2v) is 9.96. The Morgan fingerprint density at radius 2 is 1.89 bits per heavy atom. The number of imide groups is 1. The minimum absolute atomic E-state index is 0.0187. The smallest absolute Gasteiger partial charge is 0.293 e. The van der Waals surface area contributed by atoms with Crippen LogP contribution in [0.15, 0.2) is 64.0 Å². The van der Waals surface area contributed by atoms with Crippen LogP contribution in [0.2, 0.25) is 5.02 Å². The van der Waals surface area contributed by atoms with Gasteiger partial charge in [0, 0.05) is 27.2 Å². The van der Waals surface area contributed by atoms with Crippen LogP contribution in [0.25, 0.3) is 6.08 Å². The predicted octanol–water partition coefficient (Wildman–Crippen LogP) is 6.97. The third kappa shape index (κ3) is 5.95. The van der Waals surface area contributed by atoms with E-state index < -0.39 is 21.9 Å². The van der Waals surface area contributed by atoms with Crippen LogP contribution in [0.3, 0.4) is 0 Å². The van der Waals surface area contributed by atoms with Crippen LogP contribution in [-0.4, -0.2) is 28.1 Å². The number of benzene rings is 3. The molecule has 4 rings (SSSR count). The van der Waals surface area contributed by atoms with Crippen LogP contribution < -0.4 is 9.47 Å². The van der Waals surface area contributed by atoms with Crippen molar-refractivity contribution in [2.45, 2.75) is 13.2 Å². The van der Waals surface area contributed by atoms with E-state index in [1.54, 1.807) is 24.3 Å². The van der Waals surface area contributed by atoms with Gasteiger partial charge in [-0.25, -0.2) is 4.39 Å². The molecule has 0 N–H and O–H groups in total. The van der Waals surface area contributed by atoms with Gasteiger partial charge in [0.05, 0.1) is 23.5 Å². The van der Waals surface area contributed by atoms with Crippen LogP contribution in [-0.2, 0) is 17.9 Å². The van der Waals surface area contributed by atoms with Crippen molar-refractivity contribution in [3.8, 4) is 11.5 Å². The number of rotatable bonds is 8. The molecule has 1 heterocycles. The molecule has 1 aliphatic heterocycles. The van der Waals surface area contributed by atoms with Crippen LogP contribution in [0.4, 0.5) is 14.9 Å². The molecule has 0 spiro atoms. The average molecular weight is 608 g/mol. The van der Waals surface area contributed by atoms with Gasteiger partial charge >= 0.3 is 0 Å². The summed E-state index contributed by atoms with van der Waals surface area (Å²) in [4.78, 5) is 36.9. The largest absolute Gasteiger partial charge is 0.493 e. The van der Waals surface area contributed by atoms with E-state index in [0.717, 1.165) is 22.2 Å². The maximum absolute atomic E-state index is 14.2. The molecule has 37 heavy (non-hydrogen) atoms. The van der Waals surface area contributed by atoms with E-state index in [0.29, 0.717) is 21.5 Å². The van der Waals surface area contributed by atoms with Crippen molar-refractivity contribution in [2.75, 3.05) is 7.11 Å². The molecule has 3 aromatic rings. The lowest BCUT2D eigenvalue weighted by Crippen LogP contribution is -2.28. The molecule has 0 saturated carbocycles. The Kier molecular flexibility index (Phi) is 8.16. The van der Waals surface area contributed by atoms with Gasteiger partial charge in [0.1, 0.15) is 12.4 Å². The van der Waals surface area contributed by atoms with Gasteiger partial charge in [-0.15, -0.1) is 0 Å². The Morgan fingerprint density at radius 1 is 1.16 bits per heavy atom. The lowest BCUT2D eigenvalue weighted by atomic mass is 10.1. The zero-order valence-electron chi connectivity index (χ0n) is 19.1. The lowest BCUT2D eigenvalue weighted by Gasteiger charge is -2.14. The predicted molar refractivity (Wildman–Crippen MR) is 141 cm³/mol. The van der Waals surface area contributed by atoms with Crippen LogP contribution in [0.1, 0.15) is 16.7 Å². The average Bonchev–Trinajstić information content (AvgIpc) is 3.13. The minimum Gasteiger partial charge on any atom is -0.493 e. The Hall–Kier alpha value is -3.41. The fourth-order valence-corrected chi connectivity index (χ4v) is 4.92. The highest BCUT2D eigenvalue weighted by molar-refractivity contribution is 9.10. The van der Waals surface area contributed by atoms with Gasteiger partial charge in [-0.05, 0) is 65.4 Å². The summed E-state index contributed by atoms with van der Waals surface area (Å²) in [5, 5.41) is 10.4. The van der Waals surface area contributed by atoms with E-state index in [4.69, 9.17) is 21.1 Å². The normalized spacial score (nSPS) is 14.4. The summed E-state index contributed by atoms with van der Waals surface area (Å²) in [5.41, 5.74) is 1.31. The van der Waals surface area contributed by atoms with E-state index in [1.807, 2.05) is 0 Å². The number of non-ortho nitro benzene ring substituents is 1. The van der Waals surface area contributed by atoms with Gasteiger partial charge in [-0.3, -0.25) is 24.6 Å². The first kappa shape index (κ1) is 26.6. The van der Waals surface area contributed by atoms with Gasteiger partial charge in [0.15, 0.2) is 11.5 Å². The molecule has 2 amide bonds. The standard InChI is InChI=1S/C25H17BrClFN2O6S/c1-35-21-9-15(18(26)11-22(21)36-13-14-5-7-16(8-6-14)30(33)34)10-23-24(31)29(25(32)37-23)12-17-19(27)3-2-4-20(17)28/h2-11H,12-13H2,1H3/b23-10-. The van der Waals surface area contributed by atoms with E-state index in [9.17, 15) is 24.1 Å². The zero-order chi connectivity index (χ0) is 26.7. The molecule has 3 aromatic carbocycles. The Balaban J connectivity index is 1.53. The van der Waals surface area contributed by atoms with Gasteiger partial charge in [-0.2, -0.15) is 0 Å². The molecule has 0 radical (unpaired) electrons. The molecule has 0 bridgehead atoms. The van der Waals surface area contributed by atoms with Crippen molar-refractivity contribution >= 4 is 62.2 Å². The van der Waals surface area contributed by atoms with Crippen molar-refractivity contribution in [2.24, 2.45) is 0 Å². The number of nitro groups is 1. The number of ether oxygens (including phenoxy) is 2. The second kappa shape index (κ2) is 11.3. The molecule has 0 atom stereocenters. The molecule has 0 aliphatic carbocycles. The van der Waals surface area contributed by atoms with Crippen molar-refractivity contribution in [3.05, 3.63) is 102 Å². The highest BCUT2D eigenvalue weighted by Gasteiger charge is 2.36. The first-order valence-electron chi connectivity index (χ1n) is 10.6. The van der Waals surface area contributed by atoms with E-state index in [1.165, 1.54) is 43.5 Å². The maximum Gasteiger partial charge on any atom is 0.293 e. The number of carbonyl (C=O) groups is 2. The third-order valence-corrected chi connectivity index (χ3v) is 7.31. The molecular weight excluding hydrogens is 591 g/mol. The summed E-state index contributed by atoms with van der Waals surface area (Å²) in [6.45, 7) is -0.148. The summed E-state index contributed by atoms with van der Waals surface area (Å²) in [7, 11) is 1.46. The first-order valence-corrected chi connectivity index (χ1v) is 12.6. The number of halogens is 3. The molecule has 8 nitrogen and oxygen atoms in total. The number of hydrogen-bond donors (Lipinski definition) is 0. The number of nitro benzene ring substituents is 1. The van der Waals surface area contributed by atoms with Gasteiger partial charge in [0.25, 0.3) is 16.8 Å². The van der Waals surface area contributed by atoms with Crippen molar-refractivity contribution in [1.29, 1.82) is 0 Å². The number of amides is 2. The number of thioether (sulfide) groups is 1. The molecule has 1 aliphatic rings. The monoisotopic (exact) mass is 606 g/mol. The number of methoxy groups -OCH3 is 1. The van der Waals surface area contributed by atoms with E-state index in [2.05, 4.69) is 15.9 Å². The highest BCUT2D eigenvalue weighted by atomic mass is 79.9. The van der Waals surface area contributed by atoms with Gasteiger partial charge in [-0.1, -0.05) is 33.6 Å². The Labute approximate surface area is 228 Å². The topological polar surface area (TPSA) is 99.0 Å². The molecule has 0 unspecified atom stereocenters. The van der Waals surface area contributed by atoms with Crippen molar-refractivity contribution in [1.82, 2.24) is 4.90 Å². The van der Waals surface area contributed by atoms with Crippen molar-refractivity contribution < 1.29 is 28.4 Å². The van der Waals surface area contributed by atoms with Gasteiger partial charge < -0.3 is 9.47 Å². The van der Waals surface area contributed by atoms with Crippen LogP contribution >= 0.6 is 39.3 Å². The van der Waals surface area contributed by atoms with E-state index >= 15 is 0 Å². The number of carbonyl (C=O) groups excluding carboxylic acids is 2. The maximum atomic E-state index is 14.2. The molecule has 12 heteroatoms. The molecule has 1 saturated heterocycles. The molecule has 1 fully saturated rings. The third-order valence-electron chi connectivity index (χ3n) is 5.36. The summed E-state index contributed by atoms with van der Waals surface area (Å²) >= 11 is 10.2. The second-order valence-electron chi connectivity index (χ2n) is 7.70. The van der Waals surface area contributed by atoms with E-state index in [-0.39, 0.29) is 34.3 Å². The fraction of sp³-hybridized carbons (Fsp3) is 0.120. The highest BCUT2D eigenvalue weighted by Crippen LogP contribution is 2.39. The summed E-state index contributed by atoms with van der Waals surface area (Å²) in [6.07, 6.45) is 1.53. The van der Waals surface area contributed by atoms with Crippen LogP contribution in [0, 0.1) is 15.9 Å². The summed E-state index contributed by atoms with van der Waals surface area (Å²) in [5.74, 6) is -0.410. The molecule has 190 valence electrons. The number of hydrogen-bond acceptors (Lipinski definition) is 7. The Bertz CT molecular complexity index is 1410. The minimum atomic E-state index is -0.604. The Morgan fingerprint density at radius 3 is 2.54 bits per heavy atom. The van der Waals surface area contributed by atoms with Gasteiger partial charge in [0.2, 0.25) is 0 Å². The van der Waals surface area contributed by atoms with Crippen molar-refractivity contribution in [3.63, 3.8) is 0 Å². The SMILES string of the molecule is COc1cc(/C=C2\SC(=O)N(Cc3c(F)cccc3Cl)C2=O)c(Br)cc1OCc1ccc([N+](=O)[O-])cc1. The quantitative estimate of drug-likeness (QED) is 0.155. The first-order chi connectivity index (χ1) is 17.7. The summed E-state index contributed by atoms with van der Waals surface area (Å²) in [6, 6.07) is 13.4.